The van der Waals surface area contributed by atoms with Crippen LogP contribution in [0.5, 0.6) is 0 Å². The lowest BCUT2D eigenvalue weighted by molar-refractivity contribution is -0.116. The maximum Gasteiger partial charge on any atom is 0.263 e. The molecule has 1 aliphatic rings. The zero-order valence-electron chi connectivity index (χ0n) is 13.0. The summed E-state index contributed by atoms with van der Waals surface area (Å²) < 4.78 is 32.1. The van der Waals surface area contributed by atoms with Crippen LogP contribution in [-0.4, -0.2) is 25.5 Å². The van der Waals surface area contributed by atoms with Gasteiger partial charge in [0.2, 0.25) is 5.91 Å². The van der Waals surface area contributed by atoms with E-state index in [1.165, 1.54) is 19.3 Å². The molecule has 0 bridgehead atoms. The van der Waals surface area contributed by atoms with Gasteiger partial charge in [-0.15, -0.1) is 0 Å². The van der Waals surface area contributed by atoms with Gasteiger partial charge in [0.1, 0.15) is 6.26 Å². The van der Waals surface area contributed by atoms with E-state index in [1.54, 1.807) is 24.0 Å². The molecule has 23 heavy (non-hydrogen) atoms. The fraction of sp³-hybridized carbons (Fsp3) is 0.333. The Morgan fingerprint density at radius 1 is 1.43 bits per heavy atom. The molecule has 2 aromatic rings. The Morgan fingerprint density at radius 3 is 2.78 bits per heavy atom. The molecule has 1 atom stereocenters. The predicted octanol–water partition coefficient (Wildman–Crippen LogP) is 2.08. The molecule has 0 saturated heterocycles. The highest BCUT2D eigenvalue weighted by Crippen LogP contribution is 2.34. The fourth-order valence-electron chi connectivity index (χ4n) is 2.83. The molecule has 1 unspecified atom stereocenters. The van der Waals surface area contributed by atoms with Gasteiger partial charge in [-0.3, -0.25) is 9.52 Å². The smallest absolute Gasteiger partial charge is 0.263 e. The molecule has 0 saturated carbocycles. The highest BCUT2D eigenvalue weighted by Gasteiger charge is 2.30. The highest BCUT2D eigenvalue weighted by molar-refractivity contribution is 7.92. The second kappa shape index (κ2) is 5.38. The van der Waals surface area contributed by atoms with Crippen LogP contribution in [0.4, 0.5) is 11.5 Å². The average Bonchev–Trinajstić information content (AvgIpc) is 3.00. The van der Waals surface area contributed by atoms with Crippen LogP contribution < -0.4 is 9.62 Å². The summed E-state index contributed by atoms with van der Waals surface area (Å²) in [6.07, 6.45) is 1.99. The maximum absolute atomic E-state index is 12.5. The number of rotatable bonds is 3. The summed E-state index contributed by atoms with van der Waals surface area (Å²) >= 11 is 0. The Hall–Kier alpha value is -2.35. The SMILES string of the molecule is CC(=O)N1c2ccc(S(=O)(=O)Nc3nocc3C)cc2CC1C. The first-order chi connectivity index (χ1) is 10.8. The molecule has 0 fully saturated rings. The topological polar surface area (TPSA) is 92.5 Å². The number of anilines is 2. The first-order valence-electron chi connectivity index (χ1n) is 7.16. The molecule has 8 heteroatoms. The molecule has 0 radical (unpaired) electrons. The van der Waals surface area contributed by atoms with Gasteiger partial charge in [-0.05, 0) is 44.0 Å². The van der Waals surface area contributed by atoms with E-state index in [-0.39, 0.29) is 22.7 Å². The molecule has 1 aromatic carbocycles. The lowest BCUT2D eigenvalue weighted by Gasteiger charge is -2.20. The molecular formula is C15H17N3O4S. The number of nitrogens with one attached hydrogen (secondary N) is 1. The van der Waals surface area contributed by atoms with Crippen molar-refractivity contribution in [2.75, 3.05) is 9.62 Å². The second-order valence-corrected chi connectivity index (χ2v) is 7.37. The highest BCUT2D eigenvalue weighted by atomic mass is 32.2. The van der Waals surface area contributed by atoms with Crippen LogP contribution in [0.1, 0.15) is 25.0 Å². The number of nitrogens with zero attached hydrogens (tertiary/aromatic N) is 2. The summed E-state index contributed by atoms with van der Waals surface area (Å²) in [6.45, 7) is 5.14. The summed E-state index contributed by atoms with van der Waals surface area (Å²) in [6, 6.07) is 4.79. The van der Waals surface area contributed by atoms with Crippen molar-refractivity contribution in [2.45, 2.75) is 38.1 Å². The number of carbonyl (C=O) groups is 1. The number of benzene rings is 1. The lowest BCUT2D eigenvalue weighted by Crippen LogP contribution is -2.33. The Bertz CT molecular complexity index is 873. The van der Waals surface area contributed by atoms with Crippen LogP contribution in [0, 0.1) is 6.92 Å². The third-order valence-corrected chi connectivity index (χ3v) is 5.23. The van der Waals surface area contributed by atoms with Gasteiger partial charge < -0.3 is 9.42 Å². The minimum absolute atomic E-state index is 0.0196. The van der Waals surface area contributed by atoms with Crippen molar-refractivity contribution in [3.63, 3.8) is 0 Å². The molecule has 1 amide bonds. The summed E-state index contributed by atoms with van der Waals surface area (Å²) in [7, 11) is -3.76. The zero-order valence-corrected chi connectivity index (χ0v) is 13.8. The molecule has 0 spiro atoms. The van der Waals surface area contributed by atoms with E-state index >= 15 is 0 Å². The molecule has 0 aliphatic carbocycles. The summed E-state index contributed by atoms with van der Waals surface area (Å²) in [5.74, 6) is 0.118. The number of aromatic nitrogens is 1. The Balaban J connectivity index is 1.95. The van der Waals surface area contributed by atoms with Gasteiger partial charge in [0.25, 0.3) is 10.0 Å². The van der Waals surface area contributed by atoms with Crippen molar-refractivity contribution < 1.29 is 17.7 Å². The molecular weight excluding hydrogens is 318 g/mol. The average molecular weight is 335 g/mol. The minimum atomic E-state index is -3.76. The van der Waals surface area contributed by atoms with Gasteiger partial charge in [0, 0.05) is 24.2 Å². The minimum Gasteiger partial charge on any atom is -0.362 e. The summed E-state index contributed by atoms with van der Waals surface area (Å²) in [5, 5.41) is 3.63. The van der Waals surface area contributed by atoms with E-state index < -0.39 is 10.0 Å². The first kappa shape index (κ1) is 15.5. The second-order valence-electron chi connectivity index (χ2n) is 5.68. The van der Waals surface area contributed by atoms with Crippen molar-refractivity contribution >= 4 is 27.4 Å². The van der Waals surface area contributed by atoms with Crippen LogP contribution in [0.15, 0.2) is 33.9 Å². The first-order valence-corrected chi connectivity index (χ1v) is 8.64. The van der Waals surface area contributed by atoms with Crippen LogP contribution in [0.2, 0.25) is 0 Å². The third-order valence-electron chi connectivity index (χ3n) is 3.89. The Kier molecular flexibility index (Phi) is 3.63. The molecule has 1 N–H and O–H groups in total. The molecule has 2 heterocycles. The molecule has 3 rings (SSSR count). The van der Waals surface area contributed by atoms with Crippen LogP contribution in [-0.2, 0) is 21.2 Å². The van der Waals surface area contributed by atoms with E-state index in [2.05, 4.69) is 9.88 Å². The van der Waals surface area contributed by atoms with Crippen LogP contribution >= 0.6 is 0 Å². The number of sulfonamides is 1. The number of fused-ring (bicyclic) bond motifs is 1. The number of carbonyl (C=O) groups excluding carboxylic acids is 1. The van der Waals surface area contributed by atoms with Gasteiger partial charge in [-0.1, -0.05) is 5.16 Å². The Labute approximate surface area is 134 Å². The molecule has 1 aliphatic heterocycles. The van der Waals surface area contributed by atoms with Crippen molar-refractivity contribution in [2.24, 2.45) is 0 Å². The maximum atomic E-state index is 12.5. The fourth-order valence-corrected chi connectivity index (χ4v) is 3.94. The predicted molar refractivity (Wildman–Crippen MR) is 84.8 cm³/mol. The van der Waals surface area contributed by atoms with Gasteiger partial charge in [-0.2, -0.15) is 0 Å². The monoisotopic (exact) mass is 335 g/mol. The van der Waals surface area contributed by atoms with Crippen LogP contribution in [0.25, 0.3) is 0 Å². The normalized spacial score (nSPS) is 17.2. The van der Waals surface area contributed by atoms with E-state index in [9.17, 15) is 13.2 Å². The largest absolute Gasteiger partial charge is 0.362 e. The molecule has 1 aromatic heterocycles. The summed E-state index contributed by atoms with van der Waals surface area (Å²) in [4.78, 5) is 13.5. The van der Waals surface area contributed by atoms with Crippen molar-refractivity contribution in [3.05, 3.63) is 35.6 Å². The van der Waals surface area contributed by atoms with Crippen LogP contribution in [0.3, 0.4) is 0 Å². The third kappa shape index (κ3) is 2.70. The number of hydrogen-bond donors (Lipinski definition) is 1. The number of amides is 1. The van der Waals surface area contributed by atoms with Gasteiger partial charge >= 0.3 is 0 Å². The van der Waals surface area contributed by atoms with E-state index in [0.29, 0.717) is 12.0 Å². The number of hydrogen-bond acceptors (Lipinski definition) is 5. The Morgan fingerprint density at radius 2 is 2.17 bits per heavy atom. The quantitative estimate of drug-likeness (QED) is 0.927. The van der Waals surface area contributed by atoms with Crippen molar-refractivity contribution in [1.29, 1.82) is 0 Å². The standard InChI is InChI=1S/C15H17N3O4S/c1-9-8-22-16-15(9)17-23(20,21)13-4-5-14-12(7-13)6-10(2)18(14)11(3)19/h4-5,7-8,10H,6H2,1-3H3,(H,16,17). The molecule has 122 valence electrons. The lowest BCUT2D eigenvalue weighted by atomic mass is 10.1. The van der Waals surface area contributed by atoms with Gasteiger partial charge in [-0.25, -0.2) is 8.42 Å². The van der Waals surface area contributed by atoms with E-state index in [1.807, 2.05) is 6.92 Å². The van der Waals surface area contributed by atoms with E-state index in [0.717, 1.165) is 11.3 Å². The molecule has 7 nitrogen and oxygen atoms in total. The van der Waals surface area contributed by atoms with Crippen molar-refractivity contribution in [1.82, 2.24) is 5.16 Å². The zero-order chi connectivity index (χ0) is 16.8. The van der Waals surface area contributed by atoms with Gasteiger partial charge in [0.15, 0.2) is 5.82 Å². The van der Waals surface area contributed by atoms with Gasteiger partial charge in [0.05, 0.1) is 4.90 Å². The summed E-state index contributed by atoms with van der Waals surface area (Å²) in [5.41, 5.74) is 2.21. The number of aryl methyl sites for hydroxylation is 1. The van der Waals surface area contributed by atoms with E-state index in [4.69, 9.17) is 4.52 Å². The van der Waals surface area contributed by atoms with Crippen molar-refractivity contribution in [3.8, 4) is 0 Å².